The topological polar surface area (TPSA) is 40.5 Å². The summed E-state index contributed by atoms with van der Waals surface area (Å²) in [5.74, 6) is -0.305. The lowest BCUT2D eigenvalue weighted by atomic mass is 9.82. The lowest BCUT2D eigenvalue weighted by molar-refractivity contribution is -0.139. The van der Waals surface area contributed by atoms with E-state index in [4.69, 9.17) is 0 Å². The van der Waals surface area contributed by atoms with Crippen LogP contribution in [0.2, 0.25) is 0 Å². The van der Waals surface area contributed by atoms with Gasteiger partial charge >= 0.3 is 5.97 Å². The molecule has 2 aliphatic rings. The van der Waals surface area contributed by atoms with Gasteiger partial charge in [-0.3, -0.25) is 4.79 Å². The zero-order chi connectivity index (χ0) is 18.9. The summed E-state index contributed by atoms with van der Waals surface area (Å²) in [6, 6.07) is 6.87. The molecule has 0 radical (unpaired) electrons. The molecule has 1 aromatic carbocycles. The van der Waals surface area contributed by atoms with Gasteiger partial charge < -0.3 is 10.0 Å². The Bertz CT molecular complexity index is 706. The Labute approximate surface area is 158 Å². The van der Waals surface area contributed by atoms with E-state index in [1.807, 2.05) is 0 Å². The summed E-state index contributed by atoms with van der Waals surface area (Å²) in [5, 5.41) is 9.45. The Hall–Kier alpha value is -1.77. The van der Waals surface area contributed by atoms with Gasteiger partial charge in [0.15, 0.2) is 0 Å². The number of allylic oxidation sites excluding steroid dienone is 2. The summed E-state index contributed by atoms with van der Waals surface area (Å²) in [7, 11) is 2.18. The largest absolute Gasteiger partial charge is 0.481 e. The molecule has 1 aromatic rings. The van der Waals surface area contributed by atoms with Gasteiger partial charge in [-0.15, -0.1) is 0 Å². The number of unbranched alkanes of at least 4 members (excludes halogenated alkanes) is 1. The molecule has 0 heterocycles. The molecule has 2 aliphatic carbocycles. The van der Waals surface area contributed by atoms with Crippen LogP contribution < -0.4 is 4.90 Å². The van der Waals surface area contributed by atoms with Crippen LogP contribution in [0, 0.1) is 11.3 Å². The fraction of sp³-hybridized carbons (Fsp3) is 0.609. The molecule has 1 saturated carbocycles. The standard InChI is InChI=1S/C23H33NO2/c1-5-6-12-24(4)21-10-9-17(16(2)3)13-19(21)18-8-7-11-23(14-18)15-20(23)22(25)26/h9-10,13-14,16,20H,5-8,11-12,15H2,1-4H3,(H,25,26). The third kappa shape index (κ3) is 3.67. The summed E-state index contributed by atoms with van der Waals surface area (Å²) in [6.45, 7) is 7.75. The van der Waals surface area contributed by atoms with Crippen LogP contribution in [-0.4, -0.2) is 24.7 Å². The highest BCUT2D eigenvalue weighted by Gasteiger charge is 2.57. The van der Waals surface area contributed by atoms with Crippen molar-refractivity contribution in [2.75, 3.05) is 18.5 Å². The Balaban J connectivity index is 1.98. The monoisotopic (exact) mass is 355 g/mol. The minimum absolute atomic E-state index is 0.0769. The smallest absolute Gasteiger partial charge is 0.307 e. The van der Waals surface area contributed by atoms with E-state index in [2.05, 4.69) is 57.0 Å². The molecule has 3 rings (SSSR count). The predicted molar refractivity (Wildman–Crippen MR) is 109 cm³/mol. The van der Waals surface area contributed by atoms with E-state index in [0.29, 0.717) is 5.92 Å². The van der Waals surface area contributed by atoms with Crippen LogP contribution in [0.25, 0.3) is 5.57 Å². The van der Waals surface area contributed by atoms with Crippen LogP contribution in [0.5, 0.6) is 0 Å². The molecule has 0 bridgehead atoms. The molecule has 1 fully saturated rings. The molecule has 2 unspecified atom stereocenters. The van der Waals surface area contributed by atoms with Crippen molar-refractivity contribution in [1.29, 1.82) is 0 Å². The molecule has 1 N–H and O–H groups in total. The number of nitrogens with zero attached hydrogens (tertiary/aromatic N) is 1. The van der Waals surface area contributed by atoms with Crippen molar-refractivity contribution >= 4 is 17.2 Å². The van der Waals surface area contributed by atoms with Gasteiger partial charge in [-0.05, 0) is 61.3 Å². The number of carbonyl (C=O) groups is 1. The van der Waals surface area contributed by atoms with Gasteiger partial charge in [0, 0.05) is 30.3 Å². The van der Waals surface area contributed by atoms with Crippen molar-refractivity contribution in [2.24, 2.45) is 11.3 Å². The van der Waals surface area contributed by atoms with Gasteiger partial charge in [0.25, 0.3) is 0 Å². The second kappa shape index (κ2) is 7.46. The highest BCUT2D eigenvalue weighted by atomic mass is 16.4. The molecule has 0 aromatic heterocycles. The number of benzene rings is 1. The van der Waals surface area contributed by atoms with Crippen LogP contribution in [0.15, 0.2) is 24.3 Å². The van der Waals surface area contributed by atoms with Crippen LogP contribution in [0.3, 0.4) is 0 Å². The molecular formula is C23H33NO2. The fourth-order valence-electron chi connectivity index (χ4n) is 4.42. The van der Waals surface area contributed by atoms with Crippen molar-refractivity contribution < 1.29 is 9.90 Å². The molecule has 0 aliphatic heterocycles. The lowest BCUT2D eigenvalue weighted by Gasteiger charge is -2.28. The number of carboxylic acids is 1. The van der Waals surface area contributed by atoms with Crippen LogP contribution >= 0.6 is 0 Å². The Morgan fingerprint density at radius 3 is 2.77 bits per heavy atom. The number of aliphatic carboxylic acids is 1. The molecular weight excluding hydrogens is 322 g/mol. The number of hydrogen-bond acceptors (Lipinski definition) is 2. The van der Waals surface area contributed by atoms with Crippen molar-refractivity contribution in [3.8, 4) is 0 Å². The number of rotatable bonds is 7. The molecule has 2 atom stereocenters. The maximum atomic E-state index is 11.5. The maximum absolute atomic E-state index is 11.5. The van der Waals surface area contributed by atoms with Gasteiger partial charge in [-0.25, -0.2) is 0 Å². The van der Waals surface area contributed by atoms with E-state index in [9.17, 15) is 9.90 Å². The molecule has 1 spiro atoms. The van der Waals surface area contributed by atoms with Crippen molar-refractivity contribution in [3.63, 3.8) is 0 Å². The van der Waals surface area contributed by atoms with E-state index in [-0.39, 0.29) is 11.3 Å². The molecule has 0 saturated heterocycles. The quantitative estimate of drug-likeness (QED) is 0.681. The summed E-state index contributed by atoms with van der Waals surface area (Å²) in [6.07, 6.45) is 8.70. The first-order valence-corrected chi connectivity index (χ1v) is 10.2. The lowest BCUT2D eigenvalue weighted by Crippen LogP contribution is -2.20. The van der Waals surface area contributed by atoms with Gasteiger partial charge in [0.05, 0.1) is 5.92 Å². The zero-order valence-corrected chi connectivity index (χ0v) is 16.7. The third-order valence-electron chi connectivity index (χ3n) is 6.26. The van der Waals surface area contributed by atoms with E-state index in [1.54, 1.807) is 0 Å². The molecule has 3 nitrogen and oxygen atoms in total. The molecule has 142 valence electrons. The SMILES string of the molecule is CCCCN(C)c1ccc(C(C)C)cc1C1=CC2(CCC1)CC2C(=O)O. The number of anilines is 1. The van der Waals surface area contributed by atoms with Crippen LogP contribution in [0.1, 0.15) is 76.3 Å². The molecule has 3 heteroatoms. The predicted octanol–water partition coefficient (Wildman–Crippen LogP) is 5.70. The third-order valence-corrected chi connectivity index (χ3v) is 6.26. The summed E-state index contributed by atoms with van der Waals surface area (Å²) < 4.78 is 0. The average Bonchev–Trinajstić information content (AvgIpc) is 3.32. The summed E-state index contributed by atoms with van der Waals surface area (Å²) in [4.78, 5) is 13.8. The zero-order valence-electron chi connectivity index (χ0n) is 16.7. The number of hydrogen-bond donors (Lipinski definition) is 1. The normalized spacial score (nSPS) is 24.7. The first kappa shape index (κ1) is 19.0. The van der Waals surface area contributed by atoms with Crippen LogP contribution in [-0.2, 0) is 4.79 Å². The van der Waals surface area contributed by atoms with E-state index in [1.165, 1.54) is 35.2 Å². The molecule has 0 amide bonds. The highest BCUT2D eigenvalue weighted by molar-refractivity contribution is 5.82. The van der Waals surface area contributed by atoms with Crippen molar-refractivity contribution in [3.05, 3.63) is 35.4 Å². The maximum Gasteiger partial charge on any atom is 0.307 e. The van der Waals surface area contributed by atoms with E-state index < -0.39 is 5.97 Å². The second-order valence-electron chi connectivity index (χ2n) is 8.56. The van der Waals surface area contributed by atoms with E-state index >= 15 is 0 Å². The molecule has 26 heavy (non-hydrogen) atoms. The minimum atomic E-state index is -0.626. The second-order valence-corrected chi connectivity index (χ2v) is 8.56. The van der Waals surface area contributed by atoms with Gasteiger partial charge in [0.2, 0.25) is 0 Å². The Kier molecular flexibility index (Phi) is 5.45. The summed E-state index contributed by atoms with van der Waals surface area (Å²) in [5.41, 5.74) is 5.26. The Morgan fingerprint density at radius 2 is 2.15 bits per heavy atom. The average molecular weight is 356 g/mol. The summed E-state index contributed by atoms with van der Waals surface area (Å²) >= 11 is 0. The minimum Gasteiger partial charge on any atom is -0.481 e. The highest BCUT2D eigenvalue weighted by Crippen LogP contribution is 2.61. The first-order chi connectivity index (χ1) is 12.4. The number of carboxylic acid groups (broad SMARTS) is 1. The Morgan fingerprint density at radius 1 is 1.38 bits per heavy atom. The van der Waals surface area contributed by atoms with Crippen molar-refractivity contribution in [1.82, 2.24) is 0 Å². The van der Waals surface area contributed by atoms with Gasteiger partial charge in [-0.2, -0.15) is 0 Å². The fourth-order valence-corrected chi connectivity index (χ4v) is 4.42. The van der Waals surface area contributed by atoms with Crippen LogP contribution in [0.4, 0.5) is 5.69 Å². The van der Waals surface area contributed by atoms with Gasteiger partial charge in [0.1, 0.15) is 0 Å². The van der Waals surface area contributed by atoms with Gasteiger partial charge in [-0.1, -0.05) is 39.3 Å². The first-order valence-electron chi connectivity index (χ1n) is 10.2. The van der Waals surface area contributed by atoms with E-state index in [0.717, 1.165) is 32.2 Å². The van der Waals surface area contributed by atoms with Crippen molar-refractivity contribution in [2.45, 2.75) is 65.2 Å².